The zero-order valence-corrected chi connectivity index (χ0v) is 16.9. The van der Waals surface area contributed by atoms with Crippen LogP contribution in [0, 0.1) is 5.82 Å². The summed E-state index contributed by atoms with van der Waals surface area (Å²) >= 11 is 6.96. The molecule has 0 fully saturated rings. The second-order valence-corrected chi connectivity index (χ2v) is 8.48. The summed E-state index contributed by atoms with van der Waals surface area (Å²) in [6.45, 7) is 3.02. The molecule has 150 valence electrons. The maximum absolute atomic E-state index is 14.3. The Morgan fingerprint density at radius 2 is 1.93 bits per heavy atom. The van der Waals surface area contributed by atoms with Gasteiger partial charge in [-0.05, 0) is 51.0 Å². The molecule has 0 saturated carbocycles. The molecule has 2 rings (SSSR count). The van der Waals surface area contributed by atoms with Gasteiger partial charge in [-0.15, -0.1) is 0 Å². The van der Waals surface area contributed by atoms with Gasteiger partial charge in [0.05, 0.1) is 10.7 Å². The highest BCUT2D eigenvalue weighted by molar-refractivity contribution is 7.93. The summed E-state index contributed by atoms with van der Waals surface area (Å²) in [7, 11) is -4.14. The van der Waals surface area contributed by atoms with Crippen LogP contribution in [-0.2, 0) is 10.0 Å². The highest BCUT2D eigenvalue weighted by Crippen LogP contribution is 2.29. The van der Waals surface area contributed by atoms with Gasteiger partial charge in [0.2, 0.25) is 5.13 Å². The van der Waals surface area contributed by atoms with E-state index in [9.17, 15) is 12.8 Å². The number of anilines is 2. The van der Waals surface area contributed by atoms with Crippen molar-refractivity contribution >= 4 is 44.0 Å². The topological polar surface area (TPSA) is 122 Å². The number of benzene rings is 1. The fraction of sp³-hybridized carbons (Fsp3) is 0.467. The van der Waals surface area contributed by atoms with Crippen LogP contribution >= 0.6 is 23.1 Å². The summed E-state index contributed by atoms with van der Waals surface area (Å²) in [6.07, 6.45) is 3.94. The summed E-state index contributed by atoms with van der Waals surface area (Å²) in [6, 6.07) is 2.16. The number of nitrogens with one attached hydrogen (secondary N) is 3. The smallest absolute Gasteiger partial charge is 0.266 e. The van der Waals surface area contributed by atoms with E-state index in [0.29, 0.717) is 18.8 Å². The number of aromatic nitrogens is 2. The Labute approximate surface area is 166 Å². The quantitative estimate of drug-likeness (QED) is 0.376. The summed E-state index contributed by atoms with van der Waals surface area (Å²) in [4.78, 5) is 3.17. The van der Waals surface area contributed by atoms with Gasteiger partial charge >= 0.3 is 0 Å². The molecule has 0 unspecified atom stereocenters. The highest BCUT2D eigenvalue weighted by atomic mass is 35.5. The molecule has 8 nitrogen and oxygen atoms in total. The van der Waals surface area contributed by atoms with E-state index in [0.717, 1.165) is 56.0 Å². The maximum atomic E-state index is 14.3. The van der Waals surface area contributed by atoms with Crippen LogP contribution in [-0.4, -0.2) is 44.0 Å². The van der Waals surface area contributed by atoms with Crippen LogP contribution in [0.1, 0.15) is 19.3 Å². The molecular weight excluding hydrogens is 415 g/mol. The summed E-state index contributed by atoms with van der Waals surface area (Å²) in [5, 5.41) is 6.47. The molecule has 0 saturated heterocycles. The molecule has 0 bridgehead atoms. The summed E-state index contributed by atoms with van der Waals surface area (Å²) in [5.41, 5.74) is 5.76. The van der Waals surface area contributed by atoms with Gasteiger partial charge in [0.25, 0.3) is 10.0 Å². The monoisotopic (exact) mass is 436 g/mol. The number of rotatable bonds is 12. The van der Waals surface area contributed by atoms with Crippen LogP contribution < -0.4 is 21.1 Å². The third-order valence-corrected chi connectivity index (χ3v) is 5.92. The van der Waals surface area contributed by atoms with E-state index < -0.39 is 20.7 Å². The van der Waals surface area contributed by atoms with Crippen molar-refractivity contribution in [1.29, 1.82) is 0 Å². The largest absolute Gasteiger partial charge is 0.384 e. The summed E-state index contributed by atoms with van der Waals surface area (Å²) < 4.78 is 44.8. The number of hydrogen-bond acceptors (Lipinski definition) is 8. The van der Waals surface area contributed by atoms with Crippen molar-refractivity contribution in [3.8, 4) is 0 Å². The summed E-state index contributed by atoms with van der Waals surface area (Å²) in [5.74, 6) is -0.901. The van der Waals surface area contributed by atoms with Crippen molar-refractivity contribution < 1.29 is 12.8 Å². The van der Waals surface area contributed by atoms with E-state index in [1.54, 1.807) is 0 Å². The molecule has 0 aliphatic rings. The molecule has 12 heteroatoms. The lowest BCUT2D eigenvalue weighted by molar-refractivity contribution is 0.570. The molecule has 27 heavy (non-hydrogen) atoms. The lowest BCUT2D eigenvalue weighted by Crippen LogP contribution is -2.20. The first kappa shape index (κ1) is 21.8. The Bertz CT molecular complexity index is 820. The van der Waals surface area contributed by atoms with Gasteiger partial charge in [-0.3, -0.25) is 4.72 Å². The van der Waals surface area contributed by atoms with Gasteiger partial charge in [0.1, 0.15) is 17.0 Å². The molecule has 2 aromatic rings. The number of nitrogens with zero attached hydrogens (tertiary/aromatic N) is 2. The van der Waals surface area contributed by atoms with Gasteiger partial charge in [-0.2, -0.15) is 4.37 Å². The minimum absolute atomic E-state index is 0.0489. The van der Waals surface area contributed by atoms with E-state index in [2.05, 4.69) is 24.7 Å². The SMILES string of the molecule is NCCCNCCCCNc1cc(F)c(S(=O)(=O)Nc2ncns2)cc1Cl. The third kappa shape index (κ3) is 6.85. The first-order chi connectivity index (χ1) is 12.9. The molecular formula is C15H22ClFN6O2S2. The van der Waals surface area contributed by atoms with Crippen LogP contribution in [0.5, 0.6) is 0 Å². The number of unbranched alkanes of at least 4 members (excludes halogenated alkanes) is 1. The Morgan fingerprint density at radius 1 is 1.19 bits per heavy atom. The van der Waals surface area contributed by atoms with E-state index in [1.165, 1.54) is 6.33 Å². The van der Waals surface area contributed by atoms with Crippen molar-refractivity contribution in [2.75, 3.05) is 36.2 Å². The minimum atomic E-state index is -4.14. The van der Waals surface area contributed by atoms with Gasteiger partial charge in [-0.25, -0.2) is 17.8 Å². The Hall–Kier alpha value is -1.53. The number of nitrogens with two attached hydrogens (primary N) is 1. The molecule has 1 heterocycles. The van der Waals surface area contributed by atoms with Crippen LogP contribution in [0.4, 0.5) is 15.2 Å². The fourth-order valence-electron chi connectivity index (χ4n) is 2.21. The van der Waals surface area contributed by atoms with Gasteiger partial charge in [0.15, 0.2) is 0 Å². The molecule has 0 aliphatic heterocycles. The predicted octanol–water partition coefficient (Wildman–Crippen LogP) is 2.26. The van der Waals surface area contributed by atoms with Gasteiger partial charge in [-0.1, -0.05) is 11.6 Å². The number of sulfonamides is 1. The lowest BCUT2D eigenvalue weighted by atomic mass is 10.2. The Balaban J connectivity index is 1.90. The molecule has 5 N–H and O–H groups in total. The van der Waals surface area contributed by atoms with Crippen molar-refractivity contribution in [1.82, 2.24) is 14.7 Å². The molecule has 1 aromatic heterocycles. The van der Waals surface area contributed by atoms with E-state index in [1.807, 2.05) is 0 Å². The van der Waals surface area contributed by atoms with Gasteiger partial charge in [0, 0.05) is 18.1 Å². The lowest BCUT2D eigenvalue weighted by Gasteiger charge is -2.12. The second kappa shape index (κ2) is 10.7. The van der Waals surface area contributed by atoms with Crippen LogP contribution in [0.2, 0.25) is 5.02 Å². The van der Waals surface area contributed by atoms with Crippen molar-refractivity contribution in [2.24, 2.45) is 5.73 Å². The minimum Gasteiger partial charge on any atom is -0.384 e. The molecule has 0 radical (unpaired) electrons. The zero-order valence-electron chi connectivity index (χ0n) is 14.5. The van der Waals surface area contributed by atoms with E-state index >= 15 is 0 Å². The van der Waals surface area contributed by atoms with Crippen LogP contribution in [0.15, 0.2) is 23.4 Å². The highest BCUT2D eigenvalue weighted by Gasteiger charge is 2.22. The maximum Gasteiger partial charge on any atom is 0.266 e. The van der Waals surface area contributed by atoms with Crippen LogP contribution in [0.3, 0.4) is 0 Å². The average molecular weight is 437 g/mol. The standard InChI is InChI=1S/C15H22ClFN6O2S2/c16-11-8-14(27(24,25)23-15-21-10-22-26-15)12(17)9-13(11)20-7-2-1-5-19-6-3-4-18/h8-10,19-20H,1-7,18H2,(H,21,22,23). The zero-order chi connectivity index (χ0) is 19.7. The van der Waals surface area contributed by atoms with E-state index in [4.69, 9.17) is 17.3 Å². The van der Waals surface area contributed by atoms with Gasteiger partial charge < -0.3 is 16.4 Å². The third-order valence-electron chi connectivity index (χ3n) is 3.55. The van der Waals surface area contributed by atoms with Crippen molar-refractivity contribution in [2.45, 2.75) is 24.2 Å². The predicted molar refractivity (Wildman–Crippen MR) is 106 cm³/mol. The molecule has 0 atom stereocenters. The molecule has 0 aliphatic carbocycles. The average Bonchev–Trinajstić information content (AvgIpc) is 3.11. The first-order valence-electron chi connectivity index (χ1n) is 8.37. The molecule has 0 amide bonds. The molecule has 1 aromatic carbocycles. The Kier molecular flexibility index (Phi) is 8.64. The fourth-order valence-corrected chi connectivity index (χ4v) is 4.25. The molecule has 0 spiro atoms. The van der Waals surface area contributed by atoms with Crippen LogP contribution in [0.25, 0.3) is 0 Å². The number of halogens is 2. The second-order valence-electron chi connectivity index (χ2n) is 5.64. The van der Waals surface area contributed by atoms with E-state index in [-0.39, 0.29) is 10.2 Å². The van der Waals surface area contributed by atoms with Crippen molar-refractivity contribution in [3.05, 3.63) is 29.3 Å². The first-order valence-corrected chi connectivity index (χ1v) is 11.0. The van der Waals surface area contributed by atoms with Crippen molar-refractivity contribution in [3.63, 3.8) is 0 Å². The Morgan fingerprint density at radius 3 is 2.63 bits per heavy atom. The normalized spacial score (nSPS) is 11.5. The number of hydrogen-bond donors (Lipinski definition) is 4.